The number of carbonyl (C=O) groups excluding carboxylic acids is 2. The highest BCUT2D eigenvalue weighted by Crippen LogP contribution is 2.47. The smallest absolute Gasteiger partial charge is 0.284 e. The summed E-state index contributed by atoms with van der Waals surface area (Å²) in [5.74, 6) is -1.02. The van der Waals surface area contributed by atoms with Crippen LogP contribution in [0.2, 0.25) is 0 Å². The Hall–Kier alpha value is -3.78. The van der Waals surface area contributed by atoms with Crippen molar-refractivity contribution in [1.29, 1.82) is 0 Å². The molecule has 0 radical (unpaired) electrons. The van der Waals surface area contributed by atoms with E-state index in [1.807, 2.05) is 30.3 Å². The quantitative estimate of drug-likeness (QED) is 0.262. The fourth-order valence-electron chi connectivity index (χ4n) is 4.74. The molecule has 0 unspecified atom stereocenters. The number of carbonyl (C=O) groups is 2. The second-order valence-electron chi connectivity index (χ2n) is 9.84. The molecule has 1 saturated carbocycles. The van der Waals surface area contributed by atoms with Crippen molar-refractivity contribution in [2.24, 2.45) is 10.7 Å². The van der Waals surface area contributed by atoms with Crippen molar-refractivity contribution in [2.45, 2.75) is 43.8 Å². The van der Waals surface area contributed by atoms with Crippen molar-refractivity contribution >= 4 is 29.7 Å². The Morgan fingerprint density at radius 1 is 1.24 bits per heavy atom. The molecule has 1 aliphatic carbocycles. The first-order chi connectivity index (χ1) is 17.8. The van der Waals surface area contributed by atoms with Crippen molar-refractivity contribution in [3.8, 4) is 0 Å². The zero-order chi connectivity index (χ0) is 26.4. The molecular weight excluding hydrogens is 469 g/mol. The van der Waals surface area contributed by atoms with Gasteiger partial charge in [-0.05, 0) is 80.7 Å². The highest BCUT2D eigenvalue weighted by Gasteiger charge is 2.45. The molecule has 8 heteroatoms. The summed E-state index contributed by atoms with van der Waals surface area (Å²) in [6.07, 6.45) is 7.13. The van der Waals surface area contributed by atoms with Crippen LogP contribution in [0.4, 0.5) is 4.39 Å². The molecule has 4 rings (SSSR count). The molecule has 2 fully saturated rings. The first kappa shape index (κ1) is 26.3. The second kappa shape index (κ2) is 11.5. The van der Waals surface area contributed by atoms with E-state index in [2.05, 4.69) is 29.2 Å². The third-order valence-corrected chi connectivity index (χ3v) is 7.12. The fourth-order valence-corrected chi connectivity index (χ4v) is 4.74. The first-order valence-electron chi connectivity index (χ1n) is 12.6. The maximum absolute atomic E-state index is 14.8. The third-order valence-electron chi connectivity index (χ3n) is 7.12. The zero-order valence-electron chi connectivity index (χ0n) is 21.2. The lowest BCUT2D eigenvalue weighted by Gasteiger charge is -2.26. The molecule has 1 aliphatic heterocycles. The van der Waals surface area contributed by atoms with Gasteiger partial charge in [-0.15, -0.1) is 0 Å². The molecule has 4 N–H and O–H groups in total. The summed E-state index contributed by atoms with van der Waals surface area (Å²) in [6.45, 7) is 6.45. The number of rotatable bonds is 10. The predicted molar refractivity (Wildman–Crippen MR) is 145 cm³/mol. The van der Waals surface area contributed by atoms with Crippen molar-refractivity contribution in [3.63, 3.8) is 0 Å². The first-order valence-corrected chi connectivity index (χ1v) is 12.6. The SMILES string of the molecule is C=C(NC1(c2cc(F)cc(/C(C=NC3CCN(C)CC3)=C/N)c2)CC1)c1ccccc1CNC(=O)C=O. The fraction of sp³-hybridized carbons (Fsp3) is 0.345. The van der Waals surface area contributed by atoms with Gasteiger partial charge in [0, 0.05) is 35.8 Å². The molecule has 1 amide bonds. The number of nitrogens with one attached hydrogen (secondary N) is 2. The number of halogens is 1. The van der Waals surface area contributed by atoms with Gasteiger partial charge in [-0.2, -0.15) is 0 Å². The minimum absolute atomic E-state index is 0.201. The van der Waals surface area contributed by atoms with Crippen LogP contribution in [0.25, 0.3) is 11.3 Å². The standard InChI is InChI=1S/C29H34FN5O2/c1-20(27-6-4-3-5-21(27)17-33-28(37)19-36)34-29(9-10-29)24-13-22(14-25(30)15-24)23(16-31)18-32-26-7-11-35(2)12-8-26/h3-6,13-16,18-19,26,34H,1,7-12,17,31H2,2H3,(H,33,37)/b23-16+,32-18?. The largest absolute Gasteiger partial charge is 0.404 e. The monoisotopic (exact) mass is 503 g/mol. The summed E-state index contributed by atoms with van der Waals surface area (Å²) >= 11 is 0. The zero-order valence-corrected chi connectivity index (χ0v) is 21.2. The van der Waals surface area contributed by atoms with Gasteiger partial charge in [-0.1, -0.05) is 30.8 Å². The summed E-state index contributed by atoms with van der Waals surface area (Å²) in [4.78, 5) is 29.1. The Balaban J connectivity index is 1.52. The Labute approximate surface area is 217 Å². The van der Waals surface area contributed by atoms with Gasteiger partial charge in [0.15, 0.2) is 0 Å². The van der Waals surface area contributed by atoms with Crippen LogP contribution < -0.4 is 16.4 Å². The topological polar surface area (TPSA) is 99.8 Å². The van der Waals surface area contributed by atoms with E-state index in [0.29, 0.717) is 16.8 Å². The molecule has 194 valence electrons. The molecule has 1 heterocycles. The summed E-state index contributed by atoms with van der Waals surface area (Å²) in [7, 11) is 2.11. The highest BCUT2D eigenvalue weighted by molar-refractivity contribution is 6.23. The lowest BCUT2D eigenvalue weighted by Crippen LogP contribution is -2.32. The number of aliphatic imine (C=N–C) groups is 1. The maximum Gasteiger partial charge on any atom is 0.284 e. The minimum atomic E-state index is -0.678. The molecule has 0 atom stereocenters. The molecular formula is C29H34FN5O2. The van der Waals surface area contributed by atoms with Crippen molar-refractivity contribution in [2.75, 3.05) is 20.1 Å². The van der Waals surface area contributed by atoms with Gasteiger partial charge in [0.2, 0.25) is 6.29 Å². The van der Waals surface area contributed by atoms with Crippen LogP contribution in [-0.2, 0) is 21.7 Å². The van der Waals surface area contributed by atoms with Gasteiger partial charge in [0.1, 0.15) is 5.82 Å². The third kappa shape index (κ3) is 6.51. The van der Waals surface area contributed by atoms with E-state index in [0.717, 1.165) is 55.5 Å². The molecule has 0 aromatic heterocycles. The number of amides is 1. The Morgan fingerprint density at radius 2 is 1.97 bits per heavy atom. The minimum Gasteiger partial charge on any atom is -0.404 e. The maximum atomic E-state index is 14.8. The lowest BCUT2D eigenvalue weighted by molar-refractivity contribution is -0.131. The van der Waals surface area contributed by atoms with Crippen LogP contribution >= 0.6 is 0 Å². The van der Waals surface area contributed by atoms with Crippen LogP contribution in [0.15, 0.2) is 60.2 Å². The molecule has 2 aliphatic rings. The van der Waals surface area contributed by atoms with Gasteiger partial charge < -0.3 is 21.3 Å². The molecule has 0 bridgehead atoms. The molecule has 37 heavy (non-hydrogen) atoms. The van der Waals surface area contributed by atoms with E-state index in [-0.39, 0.29) is 24.7 Å². The van der Waals surface area contributed by atoms with E-state index < -0.39 is 11.4 Å². The molecule has 7 nitrogen and oxygen atoms in total. The number of benzene rings is 2. The van der Waals surface area contributed by atoms with E-state index in [9.17, 15) is 14.0 Å². The molecule has 0 spiro atoms. The molecule has 1 saturated heterocycles. The van der Waals surface area contributed by atoms with Crippen LogP contribution in [0.3, 0.4) is 0 Å². The molecule has 2 aromatic carbocycles. The van der Waals surface area contributed by atoms with Gasteiger partial charge in [-0.25, -0.2) is 4.39 Å². The second-order valence-corrected chi connectivity index (χ2v) is 9.84. The number of hydrogen-bond acceptors (Lipinski definition) is 6. The van der Waals surface area contributed by atoms with Gasteiger partial charge in [0.25, 0.3) is 5.91 Å². The van der Waals surface area contributed by atoms with E-state index >= 15 is 0 Å². The number of likely N-dealkylation sites (tertiary alicyclic amines) is 1. The lowest BCUT2D eigenvalue weighted by atomic mass is 9.97. The van der Waals surface area contributed by atoms with E-state index in [4.69, 9.17) is 10.7 Å². The van der Waals surface area contributed by atoms with E-state index in [1.54, 1.807) is 12.3 Å². The summed E-state index contributed by atoms with van der Waals surface area (Å²) in [5, 5.41) is 6.08. The summed E-state index contributed by atoms with van der Waals surface area (Å²) in [5.41, 5.74) is 9.99. The number of hydrogen-bond donors (Lipinski definition) is 3. The van der Waals surface area contributed by atoms with Crippen molar-refractivity contribution in [3.05, 3.63) is 83.3 Å². The van der Waals surface area contributed by atoms with Gasteiger partial charge in [0.05, 0.1) is 11.6 Å². The summed E-state index contributed by atoms with van der Waals surface area (Å²) < 4.78 is 14.8. The number of aldehydes is 1. The summed E-state index contributed by atoms with van der Waals surface area (Å²) in [6, 6.07) is 12.8. The number of nitrogens with two attached hydrogens (primary N) is 1. The van der Waals surface area contributed by atoms with Crippen molar-refractivity contribution < 1.29 is 14.0 Å². The number of allylic oxidation sites excluding steroid dienone is 1. The van der Waals surface area contributed by atoms with Crippen LogP contribution in [0, 0.1) is 5.82 Å². The average molecular weight is 504 g/mol. The Bertz CT molecular complexity index is 1230. The van der Waals surface area contributed by atoms with Crippen LogP contribution in [0.1, 0.15) is 47.9 Å². The molecule has 2 aromatic rings. The van der Waals surface area contributed by atoms with Crippen molar-refractivity contribution in [1.82, 2.24) is 15.5 Å². The van der Waals surface area contributed by atoms with Crippen LogP contribution in [0.5, 0.6) is 0 Å². The highest BCUT2D eigenvalue weighted by atomic mass is 19.1. The Kier molecular flexibility index (Phi) is 8.18. The Morgan fingerprint density at radius 3 is 2.65 bits per heavy atom. The van der Waals surface area contributed by atoms with E-state index in [1.165, 1.54) is 12.3 Å². The van der Waals surface area contributed by atoms with Crippen LogP contribution in [-0.4, -0.2) is 49.5 Å². The normalized spacial score (nSPS) is 17.9. The number of piperidine rings is 1. The average Bonchev–Trinajstić information content (AvgIpc) is 3.69. The van der Waals surface area contributed by atoms with Gasteiger partial charge in [-0.3, -0.25) is 14.6 Å². The number of nitrogens with zero attached hydrogens (tertiary/aromatic N) is 2. The van der Waals surface area contributed by atoms with Gasteiger partial charge >= 0.3 is 0 Å². The predicted octanol–water partition coefficient (Wildman–Crippen LogP) is 3.36.